The Kier molecular flexibility index (Phi) is 7.29. The first kappa shape index (κ1) is 23.3. The maximum atomic E-state index is 12.9. The topological polar surface area (TPSA) is 108 Å². The third kappa shape index (κ3) is 6.33. The Labute approximate surface area is 194 Å². The van der Waals surface area contributed by atoms with Gasteiger partial charge in [-0.05, 0) is 68.1 Å². The number of amides is 2. The smallest absolute Gasteiger partial charge is 0.251 e. The van der Waals surface area contributed by atoms with Gasteiger partial charge >= 0.3 is 0 Å². The molecule has 1 aliphatic heterocycles. The van der Waals surface area contributed by atoms with E-state index in [1.54, 1.807) is 52.8 Å². The minimum Gasteiger partial charge on any atom is -0.376 e. The standard InChI is InChI=1S/C24H30N4O4S/c29-23(26-21-7-5-6-18(16-21)24(30)27-20-8-9-20)17-25-19-10-12-22(13-11-19)33(31,32)28-14-3-1-2-4-15-28/h5-7,10-13,16,20,25H,1-4,8-9,14-15,17H2,(H,26,29)(H,27,30). The van der Waals surface area contributed by atoms with Crippen LogP contribution in [0.3, 0.4) is 0 Å². The van der Waals surface area contributed by atoms with E-state index in [0.29, 0.717) is 30.0 Å². The van der Waals surface area contributed by atoms with E-state index in [9.17, 15) is 18.0 Å². The molecule has 2 amide bonds. The summed E-state index contributed by atoms with van der Waals surface area (Å²) >= 11 is 0. The fourth-order valence-electron chi connectivity index (χ4n) is 3.80. The normalized spacial score (nSPS) is 17.1. The van der Waals surface area contributed by atoms with Crippen LogP contribution in [0.25, 0.3) is 0 Å². The third-order valence-electron chi connectivity index (χ3n) is 5.83. The monoisotopic (exact) mass is 470 g/mol. The summed E-state index contributed by atoms with van der Waals surface area (Å²) in [4.78, 5) is 24.8. The third-order valence-corrected chi connectivity index (χ3v) is 7.74. The lowest BCUT2D eigenvalue weighted by Gasteiger charge is -2.20. The van der Waals surface area contributed by atoms with Crippen molar-refractivity contribution in [2.45, 2.75) is 49.5 Å². The second-order valence-electron chi connectivity index (χ2n) is 8.57. The number of carbonyl (C=O) groups is 2. The molecule has 1 saturated carbocycles. The summed E-state index contributed by atoms with van der Waals surface area (Å²) < 4.78 is 27.3. The van der Waals surface area contributed by atoms with Crippen LogP contribution in [-0.4, -0.2) is 50.2 Å². The van der Waals surface area contributed by atoms with Crippen LogP contribution in [0.2, 0.25) is 0 Å². The number of carbonyl (C=O) groups excluding carboxylic acids is 2. The number of nitrogens with one attached hydrogen (secondary N) is 3. The number of hydrogen-bond donors (Lipinski definition) is 3. The van der Waals surface area contributed by atoms with Crippen LogP contribution < -0.4 is 16.0 Å². The number of benzene rings is 2. The van der Waals surface area contributed by atoms with Crippen LogP contribution in [0.1, 0.15) is 48.9 Å². The molecule has 1 aliphatic carbocycles. The molecular weight excluding hydrogens is 440 g/mol. The summed E-state index contributed by atoms with van der Waals surface area (Å²) in [5.74, 6) is -0.405. The summed E-state index contributed by atoms with van der Waals surface area (Å²) in [6.45, 7) is 1.13. The van der Waals surface area contributed by atoms with Gasteiger partial charge in [-0.3, -0.25) is 9.59 Å². The first-order valence-electron chi connectivity index (χ1n) is 11.5. The maximum Gasteiger partial charge on any atom is 0.251 e. The van der Waals surface area contributed by atoms with Crippen molar-refractivity contribution in [1.82, 2.24) is 9.62 Å². The van der Waals surface area contributed by atoms with Gasteiger partial charge in [0.05, 0.1) is 11.4 Å². The summed E-state index contributed by atoms with van der Waals surface area (Å²) in [5.41, 5.74) is 1.70. The Morgan fingerprint density at radius 2 is 1.61 bits per heavy atom. The number of nitrogens with zero attached hydrogens (tertiary/aromatic N) is 1. The molecule has 0 spiro atoms. The van der Waals surface area contributed by atoms with E-state index < -0.39 is 10.0 Å². The lowest BCUT2D eigenvalue weighted by Crippen LogP contribution is -2.31. The van der Waals surface area contributed by atoms with Crippen LogP contribution >= 0.6 is 0 Å². The molecule has 0 radical (unpaired) electrons. The van der Waals surface area contributed by atoms with E-state index in [0.717, 1.165) is 38.5 Å². The molecule has 0 atom stereocenters. The SMILES string of the molecule is O=C(CNc1ccc(S(=O)(=O)N2CCCCCC2)cc1)Nc1cccc(C(=O)NC2CC2)c1. The van der Waals surface area contributed by atoms with Crippen LogP contribution in [0, 0.1) is 0 Å². The predicted molar refractivity (Wildman–Crippen MR) is 128 cm³/mol. The molecule has 2 fully saturated rings. The van der Waals surface area contributed by atoms with Crippen LogP contribution in [0.5, 0.6) is 0 Å². The van der Waals surface area contributed by atoms with Gasteiger partial charge in [0.15, 0.2) is 0 Å². The van der Waals surface area contributed by atoms with Crippen molar-refractivity contribution in [1.29, 1.82) is 0 Å². The molecule has 0 unspecified atom stereocenters. The largest absolute Gasteiger partial charge is 0.376 e. The summed E-state index contributed by atoms with van der Waals surface area (Å²) in [5, 5.41) is 8.71. The molecule has 4 rings (SSSR count). The number of hydrogen-bond acceptors (Lipinski definition) is 5. The zero-order valence-electron chi connectivity index (χ0n) is 18.5. The first-order valence-corrected chi connectivity index (χ1v) is 12.9. The van der Waals surface area contributed by atoms with Crippen molar-refractivity contribution in [3.05, 3.63) is 54.1 Å². The lowest BCUT2D eigenvalue weighted by atomic mass is 10.2. The molecular formula is C24H30N4O4S. The fourth-order valence-corrected chi connectivity index (χ4v) is 5.32. The fraction of sp³-hybridized carbons (Fsp3) is 0.417. The molecule has 8 nitrogen and oxygen atoms in total. The molecule has 0 bridgehead atoms. The van der Waals surface area contributed by atoms with Crippen LogP contribution in [0.15, 0.2) is 53.4 Å². The van der Waals surface area contributed by atoms with Gasteiger partial charge in [-0.1, -0.05) is 18.9 Å². The summed E-state index contributed by atoms with van der Waals surface area (Å²) in [6, 6.07) is 13.6. The zero-order chi connectivity index (χ0) is 23.3. The van der Waals surface area contributed by atoms with Gasteiger partial charge in [-0.25, -0.2) is 8.42 Å². The van der Waals surface area contributed by atoms with E-state index in [1.807, 2.05) is 0 Å². The van der Waals surface area contributed by atoms with Crippen molar-refractivity contribution >= 4 is 33.2 Å². The molecule has 2 aromatic carbocycles. The Morgan fingerprint density at radius 1 is 0.909 bits per heavy atom. The van der Waals surface area contributed by atoms with Gasteiger partial charge in [0.2, 0.25) is 15.9 Å². The molecule has 176 valence electrons. The van der Waals surface area contributed by atoms with Crippen molar-refractivity contribution in [2.24, 2.45) is 0 Å². The molecule has 1 saturated heterocycles. The highest BCUT2D eigenvalue weighted by molar-refractivity contribution is 7.89. The Morgan fingerprint density at radius 3 is 2.27 bits per heavy atom. The molecule has 33 heavy (non-hydrogen) atoms. The average molecular weight is 471 g/mol. The Bertz CT molecular complexity index is 1090. The van der Waals surface area contributed by atoms with Gasteiger partial charge in [0, 0.05) is 36.1 Å². The van der Waals surface area contributed by atoms with E-state index in [4.69, 9.17) is 0 Å². The van der Waals surface area contributed by atoms with E-state index in [-0.39, 0.29) is 29.3 Å². The van der Waals surface area contributed by atoms with Gasteiger partial charge < -0.3 is 16.0 Å². The number of anilines is 2. The van der Waals surface area contributed by atoms with Crippen molar-refractivity contribution in [2.75, 3.05) is 30.3 Å². The minimum absolute atomic E-state index is 0.0106. The molecule has 2 aliphatic rings. The number of rotatable bonds is 8. The highest BCUT2D eigenvalue weighted by atomic mass is 32.2. The zero-order valence-corrected chi connectivity index (χ0v) is 19.4. The molecule has 9 heteroatoms. The molecule has 3 N–H and O–H groups in total. The van der Waals surface area contributed by atoms with E-state index >= 15 is 0 Å². The van der Waals surface area contributed by atoms with Gasteiger partial charge in [0.1, 0.15) is 0 Å². The average Bonchev–Trinajstić information content (AvgIpc) is 3.65. The van der Waals surface area contributed by atoms with Crippen molar-refractivity contribution in [3.63, 3.8) is 0 Å². The van der Waals surface area contributed by atoms with Gasteiger partial charge in [-0.2, -0.15) is 4.31 Å². The first-order chi connectivity index (χ1) is 15.9. The highest BCUT2D eigenvalue weighted by Gasteiger charge is 2.25. The Balaban J connectivity index is 1.30. The molecule has 1 heterocycles. The van der Waals surface area contributed by atoms with Gasteiger partial charge in [0.25, 0.3) is 5.91 Å². The van der Waals surface area contributed by atoms with Crippen molar-refractivity contribution in [3.8, 4) is 0 Å². The second-order valence-corrected chi connectivity index (χ2v) is 10.5. The number of sulfonamides is 1. The Hall–Kier alpha value is -2.91. The second kappa shape index (κ2) is 10.4. The van der Waals surface area contributed by atoms with Gasteiger partial charge in [-0.15, -0.1) is 0 Å². The molecule has 0 aromatic heterocycles. The van der Waals surface area contributed by atoms with Crippen molar-refractivity contribution < 1.29 is 18.0 Å². The maximum absolute atomic E-state index is 12.9. The summed E-state index contributed by atoms with van der Waals surface area (Å²) in [6.07, 6.45) is 5.94. The minimum atomic E-state index is -3.50. The molecule has 2 aromatic rings. The van der Waals surface area contributed by atoms with Crippen LogP contribution in [-0.2, 0) is 14.8 Å². The predicted octanol–water partition coefficient (Wildman–Crippen LogP) is 3.19. The lowest BCUT2D eigenvalue weighted by molar-refractivity contribution is -0.114. The quantitative estimate of drug-likeness (QED) is 0.549. The van der Waals surface area contributed by atoms with E-state index in [2.05, 4.69) is 16.0 Å². The summed E-state index contributed by atoms with van der Waals surface area (Å²) in [7, 11) is -3.50. The highest BCUT2D eigenvalue weighted by Crippen LogP contribution is 2.22. The van der Waals surface area contributed by atoms with E-state index in [1.165, 1.54) is 0 Å². The van der Waals surface area contributed by atoms with Crippen LogP contribution in [0.4, 0.5) is 11.4 Å².